The number of nitrogens with two attached hydrogens (primary N) is 2. The maximum absolute atomic E-state index is 10.9. The van der Waals surface area contributed by atoms with Crippen molar-refractivity contribution in [2.24, 2.45) is 21.8 Å². The molecule has 0 amide bonds. The highest BCUT2D eigenvalue weighted by Gasteiger charge is 2.21. The summed E-state index contributed by atoms with van der Waals surface area (Å²) in [7, 11) is -7.74. The predicted octanol–water partition coefficient (Wildman–Crippen LogP) is 4.22. The quantitative estimate of drug-likeness (QED) is 0.176. The van der Waals surface area contributed by atoms with Crippen molar-refractivity contribution in [3.8, 4) is 0 Å². The van der Waals surface area contributed by atoms with Crippen LogP contribution in [0.5, 0.6) is 0 Å². The van der Waals surface area contributed by atoms with Gasteiger partial charge in [0.2, 0.25) is 0 Å². The first-order valence-corrected chi connectivity index (χ1v) is 14.9. The van der Waals surface area contributed by atoms with Crippen LogP contribution in [0.15, 0.2) is 0 Å². The van der Waals surface area contributed by atoms with Crippen molar-refractivity contribution in [1.29, 1.82) is 0 Å². The molecule has 28 heavy (non-hydrogen) atoms. The molecule has 0 saturated carbocycles. The van der Waals surface area contributed by atoms with Crippen LogP contribution in [0.2, 0.25) is 0 Å². The van der Waals surface area contributed by atoms with E-state index >= 15 is 0 Å². The van der Waals surface area contributed by atoms with Crippen molar-refractivity contribution < 1.29 is 28.0 Å². The van der Waals surface area contributed by atoms with Crippen LogP contribution in [0, 0.1) is 10.8 Å². The highest BCUT2D eigenvalue weighted by molar-refractivity contribution is 8.02. The van der Waals surface area contributed by atoms with E-state index in [1.807, 2.05) is 23.5 Å². The van der Waals surface area contributed by atoms with Gasteiger partial charge < -0.3 is 9.79 Å². The van der Waals surface area contributed by atoms with Gasteiger partial charge in [-0.25, -0.2) is 20.1 Å². The fraction of sp³-hybridized carbons (Fsp3) is 1.00. The third kappa shape index (κ3) is 20.2. The van der Waals surface area contributed by atoms with Gasteiger partial charge in [0, 0.05) is 11.5 Å². The van der Waals surface area contributed by atoms with Crippen molar-refractivity contribution in [2.45, 2.75) is 53.4 Å². The molecule has 0 heterocycles. The van der Waals surface area contributed by atoms with Crippen LogP contribution in [-0.4, -0.2) is 46.0 Å². The van der Waals surface area contributed by atoms with Crippen molar-refractivity contribution in [1.82, 2.24) is 0 Å². The van der Waals surface area contributed by atoms with Gasteiger partial charge in [0.1, 0.15) is 0 Å². The van der Waals surface area contributed by atoms with Gasteiger partial charge in [-0.2, -0.15) is 23.5 Å². The fourth-order valence-electron chi connectivity index (χ4n) is 2.17. The molecule has 170 valence electrons. The minimum absolute atomic E-state index is 0.0451. The summed E-state index contributed by atoms with van der Waals surface area (Å²) in [5, 5.41) is 0. The second-order valence-corrected chi connectivity index (χ2v) is 13.6. The second-order valence-electron chi connectivity index (χ2n) is 8.35. The second kappa shape index (κ2) is 13.4. The molecule has 0 bridgehead atoms. The zero-order valence-corrected chi connectivity index (χ0v) is 20.9. The molecule has 0 aliphatic heterocycles. The predicted molar refractivity (Wildman–Crippen MR) is 121 cm³/mol. The van der Waals surface area contributed by atoms with Crippen LogP contribution in [0.4, 0.5) is 0 Å². The minimum Gasteiger partial charge on any atom is -0.313 e. The maximum atomic E-state index is 10.9. The van der Waals surface area contributed by atoms with Crippen LogP contribution >= 0.6 is 39.0 Å². The summed E-state index contributed by atoms with van der Waals surface area (Å²) in [5.41, 5.74) is 10.0. The molecule has 0 aromatic heterocycles. The largest absolute Gasteiger partial charge is 0.400 e. The molecule has 12 heteroatoms. The molecular formula is C16H38N2O6P2S2. The van der Waals surface area contributed by atoms with E-state index in [1.54, 1.807) is 0 Å². The summed E-state index contributed by atoms with van der Waals surface area (Å²) in [4.78, 5) is 17.9. The lowest BCUT2D eigenvalue weighted by molar-refractivity contribution is 0.201. The number of hydrogen-bond donors (Lipinski definition) is 4. The van der Waals surface area contributed by atoms with Crippen molar-refractivity contribution in [3.05, 3.63) is 0 Å². The molecule has 2 atom stereocenters. The lowest BCUT2D eigenvalue weighted by Gasteiger charge is -2.25. The summed E-state index contributed by atoms with van der Waals surface area (Å²) >= 11 is 3.82. The molecule has 0 rings (SSSR count). The van der Waals surface area contributed by atoms with Gasteiger partial charge >= 0.3 is 15.5 Å². The van der Waals surface area contributed by atoms with Crippen molar-refractivity contribution >= 4 is 39.0 Å². The van der Waals surface area contributed by atoms with Crippen LogP contribution in [0.3, 0.4) is 0 Å². The molecule has 0 fully saturated rings. The first-order chi connectivity index (χ1) is 12.6. The Bertz CT molecular complexity index is 479. The van der Waals surface area contributed by atoms with Crippen LogP contribution in [0.25, 0.3) is 0 Å². The Morgan fingerprint density at radius 2 is 1.04 bits per heavy atom. The molecule has 6 N–H and O–H groups in total. The minimum atomic E-state index is -3.87. The Balaban J connectivity index is 3.70. The average molecular weight is 481 g/mol. The van der Waals surface area contributed by atoms with Gasteiger partial charge in [0.15, 0.2) is 0 Å². The molecule has 0 aliphatic rings. The van der Waals surface area contributed by atoms with Crippen LogP contribution in [-0.2, 0) is 18.2 Å². The van der Waals surface area contributed by atoms with E-state index in [4.69, 9.17) is 29.8 Å². The Labute approximate surface area is 178 Å². The summed E-state index contributed by atoms with van der Waals surface area (Å²) in [6, 6.07) is 0. The Morgan fingerprint density at radius 3 is 1.32 bits per heavy atom. The molecule has 0 radical (unpaired) electrons. The van der Waals surface area contributed by atoms with E-state index in [9.17, 15) is 9.13 Å². The van der Waals surface area contributed by atoms with E-state index in [0.29, 0.717) is 12.8 Å². The molecular weight excluding hydrogens is 442 g/mol. The maximum Gasteiger partial charge on any atom is 0.400 e. The summed E-state index contributed by atoms with van der Waals surface area (Å²) < 4.78 is 31.3. The third-order valence-electron chi connectivity index (χ3n) is 4.33. The summed E-state index contributed by atoms with van der Waals surface area (Å²) in [6.07, 6.45) is 3.40. The average Bonchev–Trinajstić information content (AvgIpc) is 2.46. The molecule has 2 unspecified atom stereocenters. The van der Waals surface area contributed by atoms with Gasteiger partial charge in [-0.3, -0.25) is 9.05 Å². The summed E-state index contributed by atoms with van der Waals surface area (Å²) in [6.45, 7) is 8.88. The summed E-state index contributed by atoms with van der Waals surface area (Å²) in [5.74, 6) is 4.23. The fourth-order valence-corrected chi connectivity index (χ4v) is 5.63. The normalized spacial score (nSPS) is 17.3. The van der Waals surface area contributed by atoms with Gasteiger partial charge in [-0.1, -0.05) is 27.7 Å². The first-order valence-electron chi connectivity index (χ1n) is 9.29. The highest BCUT2D eigenvalue weighted by atomic mass is 32.2. The topological polar surface area (TPSA) is 145 Å². The van der Waals surface area contributed by atoms with E-state index in [1.165, 1.54) is 0 Å². The van der Waals surface area contributed by atoms with Gasteiger partial charge in [-0.15, -0.1) is 0 Å². The van der Waals surface area contributed by atoms with E-state index < -0.39 is 15.5 Å². The van der Waals surface area contributed by atoms with Crippen molar-refractivity contribution in [3.63, 3.8) is 0 Å². The first kappa shape index (κ1) is 28.9. The Morgan fingerprint density at radius 1 is 0.714 bits per heavy atom. The van der Waals surface area contributed by atoms with Gasteiger partial charge in [0.25, 0.3) is 0 Å². The van der Waals surface area contributed by atoms with E-state index in [2.05, 4.69) is 27.7 Å². The molecule has 0 aromatic carbocycles. The molecule has 0 saturated heterocycles. The monoisotopic (exact) mass is 480 g/mol. The number of hydrogen-bond acceptors (Lipinski definition) is 6. The molecule has 0 aliphatic carbocycles. The van der Waals surface area contributed by atoms with Gasteiger partial charge in [0.05, 0.1) is 13.2 Å². The third-order valence-corrected chi connectivity index (χ3v) is 7.66. The van der Waals surface area contributed by atoms with Gasteiger partial charge in [-0.05, 0) is 48.0 Å². The van der Waals surface area contributed by atoms with E-state index in [-0.39, 0.29) is 24.0 Å². The zero-order valence-electron chi connectivity index (χ0n) is 17.5. The number of rotatable bonds is 17. The standard InChI is InChI=1S/C16H38N2O6P2S2/c1-15(2,5-9-23-25(17,19)20)7-11-27-13-14-28-12-8-16(3,4)6-10-24-26(18,21)22/h5-14H2,1-4H3,(H3,17,19,20)(H3,18,21,22). The lowest BCUT2D eigenvalue weighted by atomic mass is 9.87. The smallest absolute Gasteiger partial charge is 0.313 e. The zero-order chi connectivity index (χ0) is 21.9. The molecule has 0 aromatic rings. The Hall–Kier alpha value is 0.920. The lowest BCUT2D eigenvalue weighted by Crippen LogP contribution is -2.16. The molecule has 8 nitrogen and oxygen atoms in total. The number of thioether (sulfide) groups is 2. The van der Waals surface area contributed by atoms with Crippen LogP contribution < -0.4 is 11.0 Å². The SMILES string of the molecule is CC(C)(CCOP(N)(=O)O)CCSCCSCCC(C)(C)CCOP(N)(=O)O. The van der Waals surface area contributed by atoms with E-state index in [0.717, 1.165) is 35.9 Å². The molecule has 0 spiro atoms. The highest BCUT2D eigenvalue weighted by Crippen LogP contribution is 2.35. The van der Waals surface area contributed by atoms with Crippen LogP contribution in [0.1, 0.15) is 53.4 Å². The van der Waals surface area contributed by atoms with Crippen molar-refractivity contribution in [2.75, 3.05) is 36.2 Å². The Kier molecular flexibility index (Phi) is 13.8.